The fourth-order valence-electron chi connectivity index (χ4n) is 2.51. The van der Waals surface area contributed by atoms with Crippen LogP contribution in [0.5, 0.6) is 0 Å². The lowest BCUT2D eigenvalue weighted by Crippen LogP contribution is -2.29. The van der Waals surface area contributed by atoms with Crippen molar-refractivity contribution in [3.05, 3.63) is 69.7 Å². The van der Waals surface area contributed by atoms with Gasteiger partial charge in [0.25, 0.3) is 0 Å². The number of urea groups is 1. The molecule has 0 bridgehead atoms. The molecule has 1 aromatic heterocycles. The van der Waals surface area contributed by atoms with Crippen LogP contribution in [0.1, 0.15) is 16.1 Å². The number of nitrogens with one attached hydrogen (secondary N) is 2. The van der Waals surface area contributed by atoms with Gasteiger partial charge in [0, 0.05) is 10.4 Å². The Hall–Kier alpha value is -2.58. The van der Waals surface area contributed by atoms with Crippen LogP contribution in [0, 0.1) is 6.92 Å². The van der Waals surface area contributed by atoms with Gasteiger partial charge in [-0.1, -0.05) is 41.9 Å². The summed E-state index contributed by atoms with van der Waals surface area (Å²) in [6.07, 6.45) is -4.55. The number of carbonyl (C=O) groups is 1. The van der Waals surface area contributed by atoms with Crippen LogP contribution in [-0.4, -0.2) is 11.0 Å². The second kappa shape index (κ2) is 8.20. The number of halogens is 4. The molecule has 2 amide bonds. The minimum Gasteiger partial charge on any atom is -0.333 e. The van der Waals surface area contributed by atoms with Gasteiger partial charge in [-0.25, -0.2) is 9.78 Å². The van der Waals surface area contributed by atoms with Crippen molar-refractivity contribution < 1.29 is 18.0 Å². The Morgan fingerprint density at radius 2 is 1.82 bits per heavy atom. The maximum absolute atomic E-state index is 13.0. The van der Waals surface area contributed by atoms with Crippen molar-refractivity contribution in [3.63, 3.8) is 0 Å². The van der Waals surface area contributed by atoms with Gasteiger partial charge in [0.2, 0.25) is 0 Å². The fourth-order valence-corrected chi connectivity index (χ4v) is 3.83. The summed E-state index contributed by atoms with van der Waals surface area (Å²) >= 11 is 7.55. The number of carbonyl (C=O) groups excluding carboxylic acids is 1. The maximum atomic E-state index is 13.0. The zero-order valence-corrected chi connectivity index (χ0v) is 16.2. The normalized spacial score (nSPS) is 11.3. The third-order valence-electron chi connectivity index (χ3n) is 3.89. The molecule has 0 atom stereocenters. The van der Waals surface area contributed by atoms with Crippen LogP contribution in [0.15, 0.2) is 48.5 Å². The van der Waals surface area contributed by atoms with Crippen LogP contribution >= 0.6 is 22.9 Å². The van der Waals surface area contributed by atoms with Crippen molar-refractivity contribution in [1.82, 2.24) is 10.3 Å². The van der Waals surface area contributed by atoms with Crippen LogP contribution in [0.4, 0.5) is 23.7 Å². The van der Waals surface area contributed by atoms with Crippen molar-refractivity contribution in [3.8, 4) is 10.6 Å². The molecule has 3 aromatic rings. The van der Waals surface area contributed by atoms with Gasteiger partial charge < -0.3 is 10.6 Å². The Balaban J connectivity index is 1.69. The molecule has 2 N–H and O–H groups in total. The number of anilines is 1. The largest absolute Gasteiger partial charge is 0.418 e. The van der Waals surface area contributed by atoms with Gasteiger partial charge in [-0.3, -0.25) is 0 Å². The molecule has 0 aliphatic heterocycles. The highest BCUT2D eigenvalue weighted by molar-refractivity contribution is 7.15. The second-order valence-electron chi connectivity index (χ2n) is 5.86. The lowest BCUT2D eigenvalue weighted by Gasteiger charge is -2.13. The summed E-state index contributed by atoms with van der Waals surface area (Å²) in [5, 5.41) is 6.09. The SMILES string of the molecule is Cc1nc(-c2ccccc2Cl)sc1CNC(=O)Nc1ccccc1C(F)(F)F. The highest BCUT2D eigenvalue weighted by Crippen LogP contribution is 2.35. The Kier molecular flexibility index (Phi) is 5.90. The number of amides is 2. The quantitative estimate of drug-likeness (QED) is 0.529. The number of thiazole rings is 1. The summed E-state index contributed by atoms with van der Waals surface area (Å²) in [5.74, 6) is 0. The first-order valence-corrected chi connectivity index (χ1v) is 9.37. The summed E-state index contributed by atoms with van der Waals surface area (Å²) < 4.78 is 39.0. The van der Waals surface area contributed by atoms with Gasteiger partial charge in [0.1, 0.15) is 5.01 Å². The number of benzene rings is 2. The summed E-state index contributed by atoms with van der Waals surface area (Å²) in [7, 11) is 0. The molecule has 0 fully saturated rings. The minimum atomic E-state index is -4.55. The first-order valence-electron chi connectivity index (χ1n) is 8.18. The zero-order valence-electron chi connectivity index (χ0n) is 14.6. The molecular weight excluding hydrogens is 411 g/mol. The number of hydrogen-bond donors (Lipinski definition) is 2. The summed E-state index contributed by atoms with van der Waals surface area (Å²) in [6, 6.07) is 11.4. The molecule has 0 aliphatic rings. The van der Waals surface area contributed by atoms with E-state index in [0.29, 0.717) is 10.0 Å². The lowest BCUT2D eigenvalue weighted by molar-refractivity contribution is -0.136. The number of para-hydroxylation sites is 1. The van der Waals surface area contributed by atoms with Gasteiger partial charge in [0.05, 0.1) is 28.5 Å². The highest BCUT2D eigenvalue weighted by atomic mass is 35.5. The number of hydrogen-bond acceptors (Lipinski definition) is 3. The number of aryl methyl sites for hydroxylation is 1. The third kappa shape index (κ3) is 4.63. The Morgan fingerprint density at radius 1 is 1.14 bits per heavy atom. The van der Waals surface area contributed by atoms with E-state index in [9.17, 15) is 18.0 Å². The van der Waals surface area contributed by atoms with E-state index in [4.69, 9.17) is 11.6 Å². The van der Waals surface area contributed by atoms with E-state index in [0.717, 1.165) is 22.2 Å². The van der Waals surface area contributed by atoms with Gasteiger partial charge in [0.15, 0.2) is 0 Å². The maximum Gasteiger partial charge on any atom is 0.418 e. The second-order valence-corrected chi connectivity index (χ2v) is 7.35. The van der Waals surface area contributed by atoms with Gasteiger partial charge in [-0.05, 0) is 25.1 Å². The molecular formula is C19H15ClF3N3OS. The van der Waals surface area contributed by atoms with E-state index >= 15 is 0 Å². The predicted molar refractivity (Wildman–Crippen MR) is 105 cm³/mol. The van der Waals surface area contributed by atoms with E-state index in [-0.39, 0.29) is 12.2 Å². The highest BCUT2D eigenvalue weighted by Gasteiger charge is 2.33. The average molecular weight is 426 g/mol. The van der Waals surface area contributed by atoms with E-state index in [1.807, 2.05) is 18.2 Å². The monoisotopic (exact) mass is 425 g/mol. The van der Waals surface area contributed by atoms with Crippen LogP contribution < -0.4 is 10.6 Å². The summed E-state index contributed by atoms with van der Waals surface area (Å²) in [6.45, 7) is 1.93. The Bertz CT molecular complexity index is 1000. The topological polar surface area (TPSA) is 54.0 Å². The predicted octanol–water partition coefficient (Wildman–Crippen LogP) is 6.11. The van der Waals surface area contributed by atoms with Crippen molar-refractivity contribution in [2.45, 2.75) is 19.6 Å². The molecule has 0 radical (unpaired) electrons. The molecule has 9 heteroatoms. The number of rotatable bonds is 4. The Morgan fingerprint density at radius 3 is 2.54 bits per heavy atom. The smallest absolute Gasteiger partial charge is 0.333 e. The molecule has 0 spiro atoms. The molecule has 0 unspecified atom stereocenters. The molecule has 0 saturated carbocycles. The first kappa shape index (κ1) is 20.2. The fraction of sp³-hybridized carbons (Fsp3) is 0.158. The first-order chi connectivity index (χ1) is 13.3. The van der Waals surface area contributed by atoms with Crippen molar-refractivity contribution >= 4 is 34.7 Å². The Labute approximate surface area is 168 Å². The number of aromatic nitrogens is 1. The minimum absolute atomic E-state index is 0.133. The molecule has 4 nitrogen and oxygen atoms in total. The van der Waals surface area contributed by atoms with Crippen LogP contribution in [0.2, 0.25) is 5.02 Å². The zero-order chi connectivity index (χ0) is 20.3. The molecule has 3 rings (SSSR count). The van der Waals surface area contributed by atoms with Crippen molar-refractivity contribution in [1.29, 1.82) is 0 Å². The summed E-state index contributed by atoms with van der Waals surface area (Å²) in [5.41, 5.74) is 0.299. The molecule has 0 aliphatic carbocycles. The van der Waals surface area contributed by atoms with E-state index in [2.05, 4.69) is 15.6 Å². The average Bonchev–Trinajstić information content (AvgIpc) is 3.00. The van der Waals surface area contributed by atoms with Gasteiger partial charge in [-0.15, -0.1) is 11.3 Å². The molecule has 0 saturated heterocycles. The third-order valence-corrected chi connectivity index (χ3v) is 5.41. The lowest BCUT2D eigenvalue weighted by atomic mass is 10.1. The van der Waals surface area contributed by atoms with E-state index in [1.165, 1.54) is 29.5 Å². The molecule has 2 aromatic carbocycles. The van der Waals surface area contributed by atoms with Crippen molar-refractivity contribution in [2.75, 3.05) is 5.32 Å². The summed E-state index contributed by atoms with van der Waals surface area (Å²) in [4.78, 5) is 17.3. The van der Waals surface area contributed by atoms with E-state index in [1.54, 1.807) is 13.0 Å². The number of nitrogens with zero attached hydrogens (tertiary/aromatic N) is 1. The van der Waals surface area contributed by atoms with Gasteiger partial charge >= 0.3 is 12.2 Å². The van der Waals surface area contributed by atoms with Crippen LogP contribution in [-0.2, 0) is 12.7 Å². The standard InChI is InChI=1S/C19H15ClF3N3OS/c1-11-16(28-17(25-11)12-6-2-4-8-14(12)20)10-24-18(27)26-15-9-5-3-7-13(15)19(21,22)23/h2-9H,10H2,1H3,(H2,24,26,27). The van der Waals surface area contributed by atoms with Crippen LogP contribution in [0.25, 0.3) is 10.6 Å². The van der Waals surface area contributed by atoms with Crippen molar-refractivity contribution in [2.24, 2.45) is 0 Å². The van der Waals surface area contributed by atoms with Gasteiger partial charge in [-0.2, -0.15) is 13.2 Å². The molecule has 146 valence electrons. The van der Waals surface area contributed by atoms with Crippen LogP contribution in [0.3, 0.4) is 0 Å². The number of alkyl halides is 3. The van der Waals surface area contributed by atoms with E-state index < -0.39 is 17.8 Å². The molecule has 1 heterocycles. The molecule has 28 heavy (non-hydrogen) atoms.